The average Bonchev–Trinajstić information content (AvgIpc) is 2.46. The zero-order valence-corrected chi connectivity index (χ0v) is 11.7. The van der Waals surface area contributed by atoms with Crippen LogP contribution in [-0.2, 0) is 6.54 Å². The largest absolute Gasteiger partial charge is 0.303 e. The molecular formula is C17H18FNO. The number of benzene rings is 2. The van der Waals surface area contributed by atoms with Crippen LogP contribution in [0.5, 0.6) is 0 Å². The number of Topliss-reactive ketones (excluding diaryl/α,β-unsaturated/α-hetero) is 1. The molecule has 0 bridgehead atoms. The molecule has 0 spiro atoms. The molecule has 0 fully saturated rings. The summed E-state index contributed by atoms with van der Waals surface area (Å²) in [6.07, 6.45) is 0. The highest BCUT2D eigenvalue weighted by atomic mass is 19.1. The van der Waals surface area contributed by atoms with E-state index in [1.807, 2.05) is 38.1 Å². The Morgan fingerprint density at radius 2 is 1.70 bits per heavy atom. The van der Waals surface area contributed by atoms with Gasteiger partial charge in [0.05, 0.1) is 6.04 Å². The first-order valence-corrected chi connectivity index (χ1v) is 6.65. The van der Waals surface area contributed by atoms with Crippen LogP contribution in [0.4, 0.5) is 4.39 Å². The summed E-state index contributed by atoms with van der Waals surface area (Å²) in [5.74, 6) is -0.362. The molecule has 0 radical (unpaired) electrons. The Hall–Kier alpha value is -2.00. The molecule has 0 amide bonds. The van der Waals surface area contributed by atoms with Gasteiger partial charge in [0.15, 0.2) is 5.78 Å². The minimum absolute atomic E-state index is 0.0305. The lowest BCUT2D eigenvalue weighted by molar-refractivity contribution is 0.0950. The van der Waals surface area contributed by atoms with Gasteiger partial charge in [0, 0.05) is 12.1 Å². The second-order valence-corrected chi connectivity index (χ2v) is 4.96. The van der Waals surface area contributed by atoms with Gasteiger partial charge in [-0.2, -0.15) is 0 Å². The van der Waals surface area contributed by atoms with Crippen molar-refractivity contribution in [1.82, 2.24) is 5.32 Å². The van der Waals surface area contributed by atoms with E-state index in [9.17, 15) is 9.18 Å². The van der Waals surface area contributed by atoms with E-state index in [-0.39, 0.29) is 17.6 Å². The van der Waals surface area contributed by atoms with Crippen molar-refractivity contribution in [3.63, 3.8) is 0 Å². The van der Waals surface area contributed by atoms with Gasteiger partial charge >= 0.3 is 0 Å². The van der Waals surface area contributed by atoms with Gasteiger partial charge in [-0.3, -0.25) is 4.79 Å². The minimum atomic E-state index is -0.332. The number of halogens is 1. The third kappa shape index (κ3) is 3.75. The molecule has 2 aromatic rings. The van der Waals surface area contributed by atoms with Crippen molar-refractivity contribution in [1.29, 1.82) is 0 Å². The quantitative estimate of drug-likeness (QED) is 0.843. The van der Waals surface area contributed by atoms with E-state index in [0.717, 1.165) is 5.56 Å². The van der Waals surface area contributed by atoms with Crippen LogP contribution in [0.25, 0.3) is 0 Å². The molecule has 0 aliphatic carbocycles. The van der Waals surface area contributed by atoms with E-state index in [2.05, 4.69) is 5.32 Å². The zero-order valence-electron chi connectivity index (χ0n) is 11.7. The van der Waals surface area contributed by atoms with Crippen LogP contribution in [0.2, 0.25) is 0 Å². The van der Waals surface area contributed by atoms with Crippen molar-refractivity contribution < 1.29 is 9.18 Å². The number of aryl methyl sites for hydroxylation is 1. The fourth-order valence-electron chi connectivity index (χ4n) is 1.93. The number of rotatable bonds is 5. The Kier molecular flexibility index (Phi) is 4.64. The summed E-state index contributed by atoms with van der Waals surface area (Å²) >= 11 is 0. The molecule has 1 atom stereocenters. The van der Waals surface area contributed by atoms with Crippen LogP contribution in [0.1, 0.15) is 28.4 Å². The molecule has 3 heteroatoms. The predicted octanol–water partition coefficient (Wildman–Crippen LogP) is 3.50. The van der Waals surface area contributed by atoms with Gasteiger partial charge in [-0.05, 0) is 43.7 Å². The number of nitrogens with one attached hydrogen (secondary N) is 1. The molecule has 0 aromatic heterocycles. The van der Waals surface area contributed by atoms with Crippen molar-refractivity contribution >= 4 is 5.78 Å². The maximum atomic E-state index is 12.8. The van der Waals surface area contributed by atoms with Crippen LogP contribution in [-0.4, -0.2) is 11.8 Å². The highest BCUT2D eigenvalue weighted by Crippen LogP contribution is 2.07. The van der Waals surface area contributed by atoms with Crippen molar-refractivity contribution in [2.45, 2.75) is 26.4 Å². The highest BCUT2D eigenvalue weighted by molar-refractivity contribution is 5.99. The van der Waals surface area contributed by atoms with Gasteiger partial charge in [-0.1, -0.05) is 29.8 Å². The maximum Gasteiger partial charge on any atom is 0.179 e. The molecule has 20 heavy (non-hydrogen) atoms. The Bertz CT molecular complexity index is 575. The van der Waals surface area contributed by atoms with Crippen molar-refractivity contribution in [3.8, 4) is 0 Å². The highest BCUT2D eigenvalue weighted by Gasteiger charge is 2.14. The third-order valence-electron chi connectivity index (χ3n) is 3.25. The van der Waals surface area contributed by atoms with Crippen LogP contribution < -0.4 is 5.32 Å². The van der Waals surface area contributed by atoms with Crippen LogP contribution in [0, 0.1) is 12.7 Å². The van der Waals surface area contributed by atoms with Crippen LogP contribution >= 0.6 is 0 Å². The SMILES string of the molecule is Cc1ccc(CNC(C)C(=O)c2ccc(F)cc2)cc1. The van der Waals surface area contributed by atoms with E-state index in [4.69, 9.17) is 0 Å². The molecule has 0 aliphatic heterocycles. The number of carbonyl (C=O) groups excluding carboxylic acids is 1. The normalized spacial score (nSPS) is 12.2. The topological polar surface area (TPSA) is 29.1 Å². The number of hydrogen-bond acceptors (Lipinski definition) is 2. The molecule has 0 heterocycles. The van der Waals surface area contributed by atoms with Crippen molar-refractivity contribution in [2.24, 2.45) is 0 Å². The molecule has 0 aliphatic rings. The van der Waals surface area contributed by atoms with E-state index in [1.165, 1.54) is 29.8 Å². The van der Waals surface area contributed by atoms with Gasteiger partial charge in [-0.15, -0.1) is 0 Å². The van der Waals surface area contributed by atoms with Gasteiger partial charge in [0.1, 0.15) is 5.82 Å². The van der Waals surface area contributed by atoms with Gasteiger partial charge in [0.2, 0.25) is 0 Å². The molecule has 2 rings (SSSR count). The Labute approximate surface area is 118 Å². The third-order valence-corrected chi connectivity index (χ3v) is 3.25. The summed E-state index contributed by atoms with van der Waals surface area (Å²) in [6.45, 7) is 4.49. The van der Waals surface area contributed by atoms with Crippen molar-refractivity contribution in [3.05, 3.63) is 71.0 Å². The van der Waals surface area contributed by atoms with Gasteiger partial charge < -0.3 is 5.32 Å². The van der Waals surface area contributed by atoms with Gasteiger partial charge in [0.25, 0.3) is 0 Å². The first kappa shape index (κ1) is 14.4. The molecule has 1 unspecified atom stereocenters. The lowest BCUT2D eigenvalue weighted by Gasteiger charge is -2.13. The van der Waals surface area contributed by atoms with E-state index >= 15 is 0 Å². The summed E-state index contributed by atoms with van der Waals surface area (Å²) < 4.78 is 12.8. The van der Waals surface area contributed by atoms with Crippen LogP contribution in [0.15, 0.2) is 48.5 Å². The first-order valence-electron chi connectivity index (χ1n) is 6.65. The molecule has 104 valence electrons. The smallest absolute Gasteiger partial charge is 0.179 e. The van der Waals surface area contributed by atoms with Gasteiger partial charge in [-0.25, -0.2) is 4.39 Å². The average molecular weight is 271 g/mol. The summed E-state index contributed by atoms with van der Waals surface area (Å²) in [5, 5.41) is 3.19. The molecule has 2 nitrogen and oxygen atoms in total. The molecule has 1 N–H and O–H groups in total. The lowest BCUT2D eigenvalue weighted by atomic mass is 10.0. The summed E-state index contributed by atoms with van der Waals surface area (Å²) in [6, 6.07) is 13.5. The molecule has 0 saturated heterocycles. The fourth-order valence-corrected chi connectivity index (χ4v) is 1.93. The monoisotopic (exact) mass is 271 g/mol. The summed E-state index contributed by atoms with van der Waals surface area (Å²) in [7, 11) is 0. The predicted molar refractivity (Wildman–Crippen MR) is 78.2 cm³/mol. The molecule has 2 aromatic carbocycles. The van der Waals surface area contributed by atoms with E-state index < -0.39 is 0 Å². The second-order valence-electron chi connectivity index (χ2n) is 4.96. The zero-order chi connectivity index (χ0) is 14.5. The summed E-state index contributed by atoms with van der Waals surface area (Å²) in [4.78, 5) is 12.1. The standard InChI is InChI=1S/C17H18FNO/c1-12-3-5-14(6-4-12)11-19-13(2)17(20)15-7-9-16(18)10-8-15/h3-10,13,19H,11H2,1-2H3. The first-order chi connectivity index (χ1) is 9.56. The fraction of sp³-hybridized carbons (Fsp3) is 0.235. The van der Waals surface area contributed by atoms with E-state index in [1.54, 1.807) is 0 Å². The maximum absolute atomic E-state index is 12.8. The Morgan fingerprint density at radius 3 is 2.30 bits per heavy atom. The summed E-state index contributed by atoms with van der Waals surface area (Å²) in [5.41, 5.74) is 2.87. The van der Waals surface area contributed by atoms with Crippen molar-refractivity contribution in [2.75, 3.05) is 0 Å². The molecular weight excluding hydrogens is 253 g/mol. The Balaban J connectivity index is 1.94. The minimum Gasteiger partial charge on any atom is -0.303 e. The second kappa shape index (κ2) is 6.44. The number of ketones is 1. The lowest BCUT2D eigenvalue weighted by Crippen LogP contribution is -2.33. The Morgan fingerprint density at radius 1 is 1.10 bits per heavy atom. The molecule has 0 saturated carbocycles. The van der Waals surface area contributed by atoms with Crippen LogP contribution in [0.3, 0.4) is 0 Å². The number of hydrogen-bond donors (Lipinski definition) is 1. The number of carbonyl (C=O) groups is 1. The van der Waals surface area contributed by atoms with E-state index in [0.29, 0.717) is 12.1 Å².